The maximum atomic E-state index is 13.4. The van der Waals surface area contributed by atoms with Gasteiger partial charge < -0.3 is 5.32 Å². The molecule has 1 aromatic rings. The van der Waals surface area contributed by atoms with E-state index in [1.54, 1.807) is 0 Å². The molecule has 132 valence electrons. The third-order valence-electron chi connectivity index (χ3n) is 6.34. The molecular formula is C22H27NO2. The Hall–Kier alpha value is -1.74. The smallest absolute Gasteiger partial charge is 0.177 e. The average molecular weight is 337 g/mol. The van der Waals surface area contributed by atoms with E-state index < -0.39 is 5.41 Å². The SMILES string of the molecule is O=C1C2=C(CCCC2)C(=O)C1(CCC1CCCCN1)c1ccccc1. The molecule has 1 unspecified atom stereocenters. The number of nitrogens with one attached hydrogen (secondary N) is 1. The molecule has 3 nitrogen and oxygen atoms in total. The van der Waals surface area contributed by atoms with Gasteiger partial charge in [-0.1, -0.05) is 36.8 Å². The zero-order valence-corrected chi connectivity index (χ0v) is 14.9. The molecule has 1 N–H and O–H groups in total. The number of benzene rings is 1. The zero-order chi connectivity index (χ0) is 17.3. The Morgan fingerprint density at radius 1 is 0.920 bits per heavy atom. The summed E-state index contributed by atoms with van der Waals surface area (Å²) in [6, 6.07) is 10.2. The molecule has 3 aliphatic rings. The van der Waals surface area contributed by atoms with Crippen molar-refractivity contribution in [1.29, 1.82) is 0 Å². The molecule has 25 heavy (non-hydrogen) atoms. The van der Waals surface area contributed by atoms with Gasteiger partial charge in [-0.3, -0.25) is 9.59 Å². The number of rotatable bonds is 4. The lowest BCUT2D eigenvalue weighted by Gasteiger charge is -2.31. The minimum Gasteiger partial charge on any atom is -0.314 e. The number of ketones is 2. The lowest BCUT2D eigenvalue weighted by molar-refractivity contribution is -0.129. The normalized spacial score (nSPS) is 26.0. The highest BCUT2D eigenvalue weighted by Crippen LogP contribution is 2.47. The van der Waals surface area contributed by atoms with Crippen LogP contribution in [-0.2, 0) is 15.0 Å². The van der Waals surface area contributed by atoms with Gasteiger partial charge in [0.2, 0.25) is 0 Å². The Kier molecular flexibility index (Phi) is 4.60. The lowest BCUT2D eigenvalue weighted by atomic mass is 9.71. The minimum atomic E-state index is -0.949. The second-order valence-electron chi connectivity index (χ2n) is 7.78. The Bertz CT molecular complexity index is 670. The van der Waals surface area contributed by atoms with Crippen LogP contribution in [0.25, 0.3) is 0 Å². The molecule has 1 fully saturated rings. The first-order valence-corrected chi connectivity index (χ1v) is 9.84. The van der Waals surface area contributed by atoms with E-state index in [9.17, 15) is 9.59 Å². The van der Waals surface area contributed by atoms with Crippen LogP contribution in [0.4, 0.5) is 0 Å². The fraction of sp³-hybridized carbons (Fsp3) is 0.545. The topological polar surface area (TPSA) is 46.2 Å². The van der Waals surface area contributed by atoms with Gasteiger partial charge in [0.05, 0.1) is 0 Å². The van der Waals surface area contributed by atoms with Gasteiger partial charge in [0.25, 0.3) is 0 Å². The molecule has 1 heterocycles. The van der Waals surface area contributed by atoms with Crippen molar-refractivity contribution in [2.75, 3.05) is 6.54 Å². The van der Waals surface area contributed by atoms with E-state index >= 15 is 0 Å². The number of allylic oxidation sites excluding steroid dienone is 2. The molecular weight excluding hydrogens is 310 g/mol. The van der Waals surface area contributed by atoms with E-state index in [0.717, 1.165) is 61.8 Å². The first kappa shape index (κ1) is 16.7. The summed E-state index contributed by atoms with van der Waals surface area (Å²) in [4.78, 5) is 26.9. The van der Waals surface area contributed by atoms with Crippen molar-refractivity contribution in [3.8, 4) is 0 Å². The molecule has 1 aromatic carbocycles. The van der Waals surface area contributed by atoms with Crippen LogP contribution in [0.2, 0.25) is 0 Å². The highest BCUT2D eigenvalue weighted by atomic mass is 16.2. The monoisotopic (exact) mass is 337 g/mol. The van der Waals surface area contributed by atoms with Crippen molar-refractivity contribution >= 4 is 11.6 Å². The minimum absolute atomic E-state index is 0.106. The third kappa shape index (κ3) is 2.79. The summed E-state index contributed by atoms with van der Waals surface area (Å²) in [7, 11) is 0. The van der Waals surface area contributed by atoms with E-state index in [-0.39, 0.29) is 11.6 Å². The highest BCUT2D eigenvalue weighted by molar-refractivity contribution is 6.31. The first-order valence-electron chi connectivity index (χ1n) is 9.84. The van der Waals surface area contributed by atoms with Crippen molar-refractivity contribution in [2.45, 2.75) is 69.2 Å². The van der Waals surface area contributed by atoms with Crippen LogP contribution in [-0.4, -0.2) is 24.2 Å². The van der Waals surface area contributed by atoms with Crippen molar-refractivity contribution in [2.24, 2.45) is 0 Å². The van der Waals surface area contributed by atoms with E-state index in [1.165, 1.54) is 12.8 Å². The van der Waals surface area contributed by atoms with Gasteiger partial charge in [-0.05, 0) is 63.5 Å². The highest BCUT2D eigenvalue weighted by Gasteiger charge is 2.54. The summed E-state index contributed by atoms with van der Waals surface area (Å²) in [6.07, 6.45) is 8.81. The van der Waals surface area contributed by atoms with Gasteiger partial charge in [0.15, 0.2) is 11.6 Å². The van der Waals surface area contributed by atoms with E-state index in [4.69, 9.17) is 0 Å². The molecule has 1 saturated heterocycles. The number of hydrogen-bond acceptors (Lipinski definition) is 3. The Labute approximate surface area is 149 Å². The molecule has 0 spiro atoms. The van der Waals surface area contributed by atoms with Crippen LogP contribution >= 0.6 is 0 Å². The second kappa shape index (κ2) is 6.87. The molecule has 3 heteroatoms. The molecule has 0 radical (unpaired) electrons. The number of piperidine rings is 1. The van der Waals surface area contributed by atoms with Crippen LogP contribution in [0.3, 0.4) is 0 Å². The fourth-order valence-corrected chi connectivity index (χ4v) is 4.94. The average Bonchev–Trinajstić information content (AvgIpc) is 2.90. The lowest BCUT2D eigenvalue weighted by Crippen LogP contribution is -2.43. The molecule has 0 amide bonds. The van der Waals surface area contributed by atoms with Gasteiger partial charge in [-0.25, -0.2) is 0 Å². The summed E-state index contributed by atoms with van der Waals surface area (Å²) in [5.74, 6) is 0.211. The van der Waals surface area contributed by atoms with Gasteiger partial charge >= 0.3 is 0 Å². The molecule has 2 aliphatic carbocycles. The Morgan fingerprint density at radius 2 is 1.60 bits per heavy atom. The zero-order valence-electron chi connectivity index (χ0n) is 14.9. The summed E-state index contributed by atoms with van der Waals surface area (Å²) in [5.41, 5.74) is 1.64. The van der Waals surface area contributed by atoms with Gasteiger partial charge in [0, 0.05) is 17.2 Å². The number of Topliss-reactive ketones (excluding diaryl/α,β-unsaturated/α-hetero) is 2. The Morgan fingerprint density at radius 3 is 2.20 bits per heavy atom. The molecule has 1 atom stereocenters. The van der Waals surface area contributed by atoms with E-state index in [0.29, 0.717) is 12.5 Å². The van der Waals surface area contributed by atoms with Gasteiger partial charge in [-0.2, -0.15) is 0 Å². The standard InChI is InChI=1S/C22H27NO2/c24-20-18-11-4-5-12-19(18)21(25)22(20,16-8-2-1-3-9-16)14-13-17-10-6-7-15-23-17/h1-3,8-9,17,23H,4-7,10-15H2. The van der Waals surface area contributed by atoms with Gasteiger partial charge in [0.1, 0.15) is 5.41 Å². The summed E-state index contributed by atoms with van der Waals surface area (Å²) < 4.78 is 0. The second-order valence-corrected chi connectivity index (χ2v) is 7.78. The third-order valence-corrected chi connectivity index (χ3v) is 6.34. The van der Waals surface area contributed by atoms with Crippen molar-refractivity contribution in [3.05, 3.63) is 47.0 Å². The Balaban J connectivity index is 1.68. The fourth-order valence-electron chi connectivity index (χ4n) is 4.94. The van der Waals surface area contributed by atoms with Crippen molar-refractivity contribution in [1.82, 2.24) is 5.32 Å². The molecule has 0 saturated carbocycles. The predicted molar refractivity (Wildman–Crippen MR) is 98.5 cm³/mol. The quantitative estimate of drug-likeness (QED) is 0.849. The largest absolute Gasteiger partial charge is 0.314 e. The summed E-state index contributed by atoms with van der Waals surface area (Å²) >= 11 is 0. The van der Waals surface area contributed by atoms with Crippen LogP contribution in [0, 0.1) is 0 Å². The number of carbonyl (C=O) groups is 2. The number of carbonyl (C=O) groups excluding carboxylic acids is 2. The van der Waals surface area contributed by atoms with E-state index in [1.807, 2.05) is 30.3 Å². The first-order chi connectivity index (χ1) is 12.2. The van der Waals surface area contributed by atoms with Crippen LogP contribution in [0.15, 0.2) is 41.5 Å². The van der Waals surface area contributed by atoms with Crippen LogP contribution in [0.1, 0.15) is 63.4 Å². The molecule has 4 rings (SSSR count). The van der Waals surface area contributed by atoms with Gasteiger partial charge in [-0.15, -0.1) is 0 Å². The molecule has 1 aliphatic heterocycles. The summed E-state index contributed by atoms with van der Waals surface area (Å²) in [5, 5.41) is 3.57. The van der Waals surface area contributed by atoms with Crippen LogP contribution < -0.4 is 5.32 Å². The van der Waals surface area contributed by atoms with Crippen LogP contribution in [0.5, 0.6) is 0 Å². The maximum absolute atomic E-state index is 13.4. The van der Waals surface area contributed by atoms with E-state index in [2.05, 4.69) is 5.32 Å². The number of hydrogen-bond donors (Lipinski definition) is 1. The van der Waals surface area contributed by atoms with Crippen molar-refractivity contribution in [3.63, 3.8) is 0 Å². The molecule has 0 aromatic heterocycles. The molecule has 0 bridgehead atoms. The predicted octanol–water partition coefficient (Wildman–Crippen LogP) is 3.87. The maximum Gasteiger partial charge on any atom is 0.177 e. The summed E-state index contributed by atoms with van der Waals surface area (Å²) in [6.45, 7) is 1.06. The van der Waals surface area contributed by atoms with Crippen molar-refractivity contribution < 1.29 is 9.59 Å².